The zero-order valence-electron chi connectivity index (χ0n) is 16.0. The number of aryl methyl sites for hydroxylation is 1. The monoisotopic (exact) mass is 370 g/mol. The fourth-order valence-electron chi connectivity index (χ4n) is 3.18. The van der Waals surface area contributed by atoms with Gasteiger partial charge in [0.05, 0.1) is 34.7 Å². The number of methoxy groups -OCH3 is 4. The third kappa shape index (κ3) is 3.30. The third-order valence-corrected chi connectivity index (χ3v) is 4.49. The van der Waals surface area contributed by atoms with Crippen LogP contribution in [0.2, 0.25) is 0 Å². The van der Waals surface area contributed by atoms with E-state index < -0.39 is 0 Å². The van der Waals surface area contributed by atoms with E-state index in [0.717, 1.165) is 16.9 Å². The zero-order valence-corrected chi connectivity index (χ0v) is 16.0. The summed E-state index contributed by atoms with van der Waals surface area (Å²) < 4.78 is 27.1. The molecule has 2 aromatic carbocycles. The molecular formula is C21H22O6. The molecule has 0 atom stereocenters. The average molecular weight is 370 g/mol. The normalized spacial score (nSPS) is 10.7. The van der Waals surface area contributed by atoms with E-state index in [2.05, 4.69) is 0 Å². The summed E-state index contributed by atoms with van der Waals surface area (Å²) in [6, 6.07) is 7.44. The number of benzene rings is 2. The Kier molecular flexibility index (Phi) is 5.26. The van der Waals surface area contributed by atoms with Crippen molar-refractivity contribution in [1.29, 1.82) is 0 Å². The molecule has 0 radical (unpaired) electrons. The van der Waals surface area contributed by atoms with Crippen LogP contribution in [0.3, 0.4) is 0 Å². The Morgan fingerprint density at radius 1 is 0.889 bits per heavy atom. The van der Waals surface area contributed by atoms with Crippen molar-refractivity contribution in [1.82, 2.24) is 0 Å². The lowest BCUT2D eigenvalue weighted by atomic mass is 10.0. The number of rotatable bonds is 6. The van der Waals surface area contributed by atoms with Crippen molar-refractivity contribution < 1.29 is 23.4 Å². The summed E-state index contributed by atoms with van der Waals surface area (Å²) in [6.45, 7) is 1.96. The van der Waals surface area contributed by atoms with E-state index in [4.69, 9.17) is 23.4 Å². The predicted octanol–water partition coefficient (Wildman–Crippen LogP) is 3.73. The standard InChI is InChI=1S/C21H22O6/c1-12-8-13(6-7-15(12)23-2)9-14-11-27-16-10-17(24-3)20(25-4)21(26-5)18(16)19(14)22/h6-8,10-11H,9H2,1-5H3. The van der Waals surface area contributed by atoms with Crippen molar-refractivity contribution in [2.45, 2.75) is 13.3 Å². The maximum Gasteiger partial charge on any atom is 0.204 e. The minimum Gasteiger partial charge on any atom is -0.496 e. The van der Waals surface area contributed by atoms with Crippen molar-refractivity contribution >= 4 is 11.0 Å². The Labute approximate surface area is 157 Å². The Hall–Kier alpha value is -3.15. The molecule has 0 bridgehead atoms. The van der Waals surface area contributed by atoms with Crippen LogP contribution in [0.4, 0.5) is 0 Å². The van der Waals surface area contributed by atoms with Gasteiger partial charge in [-0.1, -0.05) is 12.1 Å². The van der Waals surface area contributed by atoms with Gasteiger partial charge in [0.15, 0.2) is 16.9 Å². The van der Waals surface area contributed by atoms with Crippen LogP contribution in [0.15, 0.2) is 39.7 Å². The molecule has 3 aromatic rings. The topological polar surface area (TPSA) is 67.1 Å². The first-order chi connectivity index (χ1) is 13.0. The van der Waals surface area contributed by atoms with Crippen LogP contribution in [0.5, 0.6) is 23.0 Å². The lowest BCUT2D eigenvalue weighted by Gasteiger charge is -2.14. The highest BCUT2D eigenvalue weighted by Crippen LogP contribution is 2.42. The zero-order chi connectivity index (χ0) is 19.6. The van der Waals surface area contributed by atoms with Crippen molar-refractivity contribution in [3.63, 3.8) is 0 Å². The van der Waals surface area contributed by atoms with Gasteiger partial charge < -0.3 is 23.4 Å². The van der Waals surface area contributed by atoms with E-state index in [1.54, 1.807) is 13.2 Å². The van der Waals surface area contributed by atoms with Crippen LogP contribution in [-0.2, 0) is 6.42 Å². The quantitative estimate of drug-likeness (QED) is 0.659. The van der Waals surface area contributed by atoms with E-state index in [0.29, 0.717) is 40.2 Å². The molecular weight excluding hydrogens is 348 g/mol. The summed E-state index contributed by atoms with van der Waals surface area (Å²) >= 11 is 0. The lowest BCUT2D eigenvalue weighted by molar-refractivity contribution is 0.326. The first-order valence-electron chi connectivity index (χ1n) is 8.40. The van der Waals surface area contributed by atoms with Crippen LogP contribution < -0.4 is 24.4 Å². The van der Waals surface area contributed by atoms with Crippen molar-refractivity contribution in [3.05, 3.63) is 57.4 Å². The minimum atomic E-state index is -0.164. The third-order valence-electron chi connectivity index (χ3n) is 4.49. The summed E-state index contributed by atoms with van der Waals surface area (Å²) in [7, 11) is 6.13. The van der Waals surface area contributed by atoms with Crippen LogP contribution in [0, 0.1) is 6.92 Å². The highest BCUT2D eigenvalue weighted by atomic mass is 16.5. The fourth-order valence-corrected chi connectivity index (χ4v) is 3.18. The molecule has 0 aliphatic carbocycles. The largest absolute Gasteiger partial charge is 0.496 e. The molecule has 0 aliphatic heterocycles. The van der Waals surface area contributed by atoms with E-state index >= 15 is 0 Å². The van der Waals surface area contributed by atoms with Gasteiger partial charge >= 0.3 is 0 Å². The lowest BCUT2D eigenvalue weighted by Crippen LogP contribution is -2.11. The van der Waals surface area contributed by atoms with Crippen molar-refractivity contribution in [2.24, 2.45) is 0 Å². The van der Waals surface area contributed by atoms with E-state index in [1.165, 1.54) is 27.6 Å². The van der Waals surface area contributed by atoms with Gasteiger partial charge in [0.25, 0.3) is 0 Å². The number of hydrogen-bond donors (Lipinski definition) is 0. The highest BCUT2D eigenvalue weighted by molar-refractivity contribution is 5.89. The summed E-state index contributed by atoms with van der Waals surface area (Å²) in [5.41, 5.74) is 2.73. The molecule has 27 heavy (non-hydrogen) atoms. The molecule has 6 heteroatoms. The maximum atomic E-state index is 13.1. The SMILES string of the molecule is COc1ccc(Cc2coc3cc(OC)c(OC)c(OC)c3c2=O)cc1C. The number of ether oxygens (including phenoxy) is 4. The average Bonchev–Trinajstić information content (AvgIpc) is 2.68. The Balaban J connectivity index is 2.14. The number of hydrogen-bond acceptors (Lipinski definition) is 6. The van der Waals surface area contributed by atoms with Gasteiger partial charge in [-0.15, -0.1) is 0 Å². The fraction of sp³-hybridized carbons (Fsp3) is 0.286. The van der Waals surface area contributed by atoms with Gasteiger partial charge in [0.1, 0.15) is 16.7 Å². The molecule has 1 aromatic heterocycles. The van der Waals surface area contributed by atoms with Gasteiger partial charge in [-0.05, 0) is 24.1 Å². The smallest absolute Gasteiger partial charge is 0.204 e. The second-order valence-electron chi connectivity index (χ2n) is 6.09. The van der Waals surface area contributed by atoms with Crippen LogP contribution >= 0.6 is 0 Å². The van der Waals surface area contributed by atoms with Crippen LogP contribution in [-0.4, -0.2) is 28.4 Å². The summed E-state index contributed by atoms with van der Waals surface area (Å²) in [4.78, 5) is 13.1. The summed E-state index contributed by atoms with van der Waals surface area (Å²) in [5, 5.41) is 0.331. The first-order valence-corrected chi connectivity index (χ1v) is 8.40. The molecule has 0 unspecified atom stereocenters. The highest BCUT2D eigenvalue weighted by Gasteiger charge is 2.21. The van der Waals surface area contributed by atoms with Crippen molar-refractivity contribution in [2.75, 3.05) is 28.4 Å². The Morgan fingerprint density at radius 3 is 2.19 bits per heavy atom. The second-order valence-corrected chi connectivity index (χ2v) is 6.09. The molecule has 0 fully saturated rings. The van der Waals surface area contributed by atoms with E-state index in [-0.39, 0.29) is 5.43 Å². The van der Waals surface area contributed by atoms with Gasteiger partial charge in [-0.25, -0.2) is 0 Å². The molecule has 0 aliphatic rings. The maximum absolute atomic E-state index is 13.1. The van der Waals surface area contributed by atoms with Gasteiger partial charge in [-0.2, -0.15) is 0 Å². The van der Waals surface area contributed by atoms with Gasteiger partial charge in [0, 0.05) is 18.1 Å². The van der Waals surface area contributed by atoms with Crippen LogP contribution in [0.1, 0.15) is 16.7 Å². The van der Waals surface area contributed by atoms with Crippen molar-refractivity contribution in [3.8, 4) is 23.0 Å². The van der Waals surface area contributed by atoms with E-state index in [9.17, 15) is 4.79 Å². The molecule has 0 amide bonds. The second kappa shape index (κ2) is 7.61. The van der Waals surface area contributed by atoms with Gasteiger partial charge in [0.2, 0.25) is 5.75 Å². The molecule has 0 saturated carbocycles. The molecule has 0 spiro atoms. The number of fused-ring (bicyclic) bond motifs is 1. The predicted molar refractivity (Wildman–Crippen MR) is 103 cm³/mol. The molecule has 3 rings (SSSR count). The first kappa shape index (κ1) is 18.6. The molecule has 0 N–H and O–H groups in total. The Bertz CT molecular complexity index is 1040. The Morgan fingerprint density at radius 2 is 1.59 bits per heavy atom. The minimum absolute atomic E-state index is 0.164. The molecule has 0 saturated heterocycles. The summed E-state index contributed by atoms with van der Waals surface area (Å²) in [5.74, 6) is 1.90. The summed E-state index contributed by atoms with van der Waals surface area (Å²) in [6.07, 6.45) is 1.91. The molecule has 1 heterocycles. The van der Waals surface area contributed by atoms with Gasteiger partial charge in [-0.3, -0.25) is 4.79 Å². The van der Waals surface area contributed by atoms with E-state index in [1.807, 2.05) is 25.1 Å². The van der Waals surface area contributed by atoms with Crippen LogP contribution in [0.25, 0.3) is 11.0 Å². The molecule has 142 valence electrons. The molecule has 6 nitrogen and oxygen atoms in total.